The largest absolute Gasteiger partial charge is 0.495 e. The first-order chi connectivity index (χ1) is 11.5. The molecule has 0 aliphatic carbocycles. The van der Waals surface area contributed by atoms with E-state index in [1.54, 1.807) is 31.4 Å². The highest BCUT2D eigenvalue weighted by molar-refractivity contribution is 7.89. The molecule has 24 heavy (non-hydrogen) atoms. The quantitative estimate of drug-likeness (QED) is 0.834. The van der Waals surface area contributed by atoms with Gasteiger partial charge in [0.05, 0.1) is 17.0 Å². The standard InChI is InChI=1S/C17H19ClN2O3S/c1-23-17-8-7-14(13-16(17)18)19-9-11-20(12-10-19)24(21,22)15-5-3-2-4-6-15/h2-8,13H,9-12H2,1H3. The minimum Gasteiger partial charge on any atom is -0.495 e. The fourth-order valence-electron chi connectivity index (χ4n) is 2.78. The van der Waals surface area contributed by atoms with E-state index in [-0.39, 0.29) is 0 Å². The minimum absolute atomic E-state index is 0.339. The Bertz CT molecular complexity index is 804. The maximum Gasteiger partial charge on any atom is 0.243 e. The van der Waals surface area contributed by atoms with Gasteiger partial charge in [0, 0.05) is 31.9 Å². The molecular weight excluding hydrogens is 348 g/mol. The van der Waals surface area contributed by atoms with Crippen LogP contribution in [0.1, 0.15) is 0 Å². The van der Waals surface area contributed by atoms with Crippen molar-refractivity contribution in [2.24, 2.45) is 0 Å². The molecule has 0 amide bonds. The second kappa shape index (κ2) is 7.01. The predicted molar refractivity (Wildman–Crippen MR) is 95.4 cm³/mol. The van der Waals surface area contributed by atoms with Gasteiger partial charge in [0.1, 0.15) is 5.75 Å². The lowest BCUT2D eigenvalue weighted by atomic mass is 10.2. The molecule has 0 saturated carbocycles. The third-order valence-electron chi connectivity index (χ3n) is 4.12. The van der Waals surface area contributed by atoms with Crippen molar-refractivity contribution in [1.82, 2.24) is 4.31 Å². The Hall–Kier alpha value is -1.76. The van der Waals surface area contributed by atoms with Gasteiger partial charge in [-0.25, -0.2) is 8.42 Å². The lowest BCUT2D eigenvalue weighted by Crippen LogP contribution is -2.48. The van der Waals surface area contributed by atoms with E-state index >= 15 is 0 Å². The van der Waals surface area contributed by atoms with Crippen molar-refractivity contribution in [1.29, 1.82) is 0 Å². The van der Waals surface area contributed by atoms with Crippen molar-refractivity contribution >= 4 is 27.3 Å². The Morgan fingerprint density at radius 2 is 1.67 bits per heavy atom. The van der Waals surface area contributed by atoms with Gasteiger partial charge in [-0.05, 0) is 30.3 Å². The minimum atomic E-state index is -3.43. The van der Waals surface area contributed by atoms with Crippen LogP contribution in [0.5, 0.6) is 5.75 Å². The summed E-state index contributed by atoms with van der Waals surface area (Å²) in [6.45, 7) is 2.13. The third kappa shape index (κ3) is 3.36. The van der Waals surface area contributed by atoms with Crippen molar-refractivity contribution in [2.45, 2.75) is 4.90 Å². The van der Waals surface area contributed by atoms with Crippen molar-refractivity contribution in [3.63, 3.8) is 0 Å². The zero-order chi connectivity index (χ0) is 17.2. The van der Waals surface area contributed by atoms with E-state index in [9.17, 15) is 8.42 Å². The van der Waals surface area contributed by atoms with Crippen molar-refractivity contribution < 1.29 is 13.2 Å². The SMILES string of the molecule is COc1ccc(N2CCN(S(=O)(=O)c3ccccc3)CC2)cc1Cl. The number of ether oxygens (including phenoxy) is 1. The van der Waals surface area contributed by atoms with Crippen molar-refractivity contribution in [3.05, 3.63) is 53.6 Å². The Kier molecular flexibility index (Phi) is 4.99. The van der Waals surface area contributed by atoms with E-state index < -0.39 is 10.0 Å². The van der Waals surface area contributed by atoms with Crippen molar-refractivity contribution in [3.8, 4) is 5.75 Å². The molecule has 0 N–H and O–H groups in total. The van der Waals surface area contributed by atoms with E-state index in [0.717, 1.165) is 5.69 Å². The van der Waals surface area contributed by atoms with Gasteiger partial charge >= 0.3 is 0 Å². The van der Waals surface area contributed by atoms with E-state index in [1.807, 2.05) is 24.3 Å². The fourth-order valence-corrected chi connectivity index (χ4v) is 4.48. The van der Waals surface area contributed by atoms with E-state index in [4.69, 9.17) is 16.3 Å². The Balaban J connectivity index is 1.71. The van der Waals surface area contributed by atoms with E-state index in [0.29, 0.717) is 41.8 Å². The highest BCUT2D eigenvalue weighted by atomic mass is 35.5. The van der Waals surface area contributed by atoms with Gasteiger partial charge in [-0.1, -0.05) is 29.8 Å². The lowest BCUT2D eigenvalue weighted by molar-refractivity contribution is 0.384. The predicted octanol–water partition coefficient (Wildman–Crippen LogP) is 2.86. The average molecular weight is 367 g/mol. The summed E-state index contributed by atoms with van der Waals surface area (Å²) in [7, 11) is -1.85. The summed E-state index contributed by atoms with van der Waals surface area (Å²) in [6.07, 6.45) is 0. The van der Waals surface area contributed by atoms with Crippen LogP contribution >= 0.6 is 11.6 Å². The molecule has 0 aromatic heterocycles. The van der Waals surface area contributed by atoms with Crippen LogP contribution in [0.4, 0.5) is 5.69 Å². The first kappa shape index (κ1) is 17.1. The molecule has 1 aliphatic heterocycles. The summed E-state index contributed by atoms with van der Waals surface area (Å²) in [4.78, 5) is 2.47. The van der Waals surface area contributed by atoms with Crippen LogP contribution in [-0.2, 0) is 10.0 Å². The number of hydrogen-bond donors (Lipinski definition) is 0. The lowest BCUT2D eigenvalue weighted by Gasteiger charge is -2.35. The number of anilines is 1. The summed E-state index contributed by atoms with van der Waals surface area (Å²) in [5.74, 6) is 0.630. The van der Waals surface area contributed by atoms with Gasteiger partial charge in [0.25, 0.3) is 0 Å². The monoisotopic (exact) mass is 366 g/mol. The van der Waals surface area contributed by atoms with Crippen LogP contribution in [-0.4, -0.2) is 46.0 Å². The number of sulfonamides is 1. The molecule has 7 heteroatoms. The number of halogens is 1. The third-order valence-corrected chi connectivity index (χ3v) is 6.33. The van der Waals surface area contributed by atoms with Crippen LogP contribution in [0.2, 0.25) is 5.02 Å². The zero-order valence-corrected chi connectivity index (χ0v) is 14.9. The Labute approximate surface area is 147 Å². The molecule has 3 rings (SSSR count). The molecule has 2 aromatic carbocycles. The molecule has 0 unspecified atom stereocenters. The Morgan fingerprint density at radius 3 is 2.25 bits per heavy atom. The second-order valence-electron chi connectivity index (χ2n) is 5.52. The maximum atomic E-state index is 12.6. The van der Waals surface area contributed by atoms with Gasteiger partial charge in [-0.3, -0.25) is 0 Å². The van der Waals surface area contributed by atoms with Crippen LogP contribution < -0.4 is 9.64 Å². The topological polar surface area (TPSA) is 49.9 Å². The van der Waals surface area contributed by atoms with E-state index in [2.05, 4.69) is 4.90 Å². The fraction of sp³-hybridized carbons (Fsp3) is 0.294. The highest BCUT2D eigenvalue weighted by Gasteiger charge is 2.28. The molecule has 1 saturated heterocycles. The summed E-state index contributed by atoms with van der Waals surface area (Å²) >= 11 is 6.17. The normalized spacial score (nSPS) is 16.2. The van der Waals surface area contributed by atoms with Crippen LogP contribution in [0.15, 0.2) is 53.4 Å². The van der Waals surface area contributed by atoms with Gasteiger partial charge in [0.15, 0.2) is 0 Å². The number of rotatable bonds is 4. The van der Waals surface area contributed by atoms with Crippen LogP contribution in [0.25, 0.3) is 0 Å². The second-order valence-corrected chi connectivity index (χ2v) is 7.87. The van der Waals surface area contributed by atoms with Crippen LogP contribution in [0.3, 0.4) is 0 Å². The summed E-state index contributed by atoms with van der Waals surface area (Å²) in [5, 5.41) is 0.550. The number of methoxy groups -OCH3 is 1. The Morgan fingerprint density at radius 1 is 1.00 bits per heavy atom. The molecule has 2 aromatic rings. The summed E-state index contributed by atoms with van der Waals surface area (Å²) in [6, 6.07) is 14.2. The van der Waals surface area contributed by atoms with Gasteiger partial charge < -0.3 is 9.64 Å². The first-order valence-electron chi connectivity index (χ1n) is 7.66. The number of benzene rings is 2. The molecule has 128 valence electrons. The van der Waals surface area contributed by atoms with Gasteiger partial charge in [0.2, 0.25) is 10.0 Å². The maximum absolute atomic E-state index is 12.6. The average Bonchev–Trinajstić information content (AvgIpc) is 2.62. The molecule has 0 atom stereocenters. The zero-order valence-electron chi connectivity index (χ0n) is 13.4. The van der Waals surface area contributed by atoms with Gasteiger partial charge in [-0.15, -0.1) is 0 Å². The highest BCUT2D eigenvalue weighted by Crippen LogP contribution is 2.30. The molecule has 0 spiro atoms. The first-order valence-corrected chi connectivity index (χ1v) is 9.48. The molecule has 0 radical (unpaired) electrons. The summed E-state index contributed by atoms with van der Waals surface area (Å²) < 4.78 is 32.0. The smallest absolute Gasteiger partial charge is 0.243 e. The molecule has 1 heterocycles. The van der Waals surface area contributed by atoms with E-state index in [1.165, 1.54) is 4.31 Å². The molecule has 1 fully saturated rings. The number of piperazine rings is 1. The van der Waals surface area contributed by atoms with Crippen LogP contribution in [0, 0.1) is 0 Å². The molecule has 1 aliphatic rings. The number of hydrogen-bond acceptors (Lipinski definition) is 4. The molecular formula is C17H19ClN2O3S. The summed E-state index contributed by atoms with van der Waals surface area (Å²) in [5.41, 5.74) is 0.970. The number of nitrogens with zero attached hydrogens (tertiary/aromatic N) is 2. The molecule has 5 nitrogen and oxygen atoms in total. The molecule has 0 bridgehead atoms. The van der Waals surface area contributed by atoms with Crippen molar-refractivity contribution in [2.75, 3.05) is 38.2 Å². The van der Waals surface area contributed by atoms with Gasteiger partial charge in [-0.2, -0.15) is 4.31 Å².